The number of aliphatic hydroxyl groups excluding tert-OH is 1. The lowest BCUT2D eigenvalue weighted by Gasteiger charge is -2.35. The van der Waals surface area contributed by atoms with Crippen molar-refractivity contribution in [3.63, 3.8) is 0 Å². The summed E-state index contributed by atoms with van der Waals surface area (Å²) in [6.07, 6.45) is 2.20. The molecule has 1 N–H and O–H groups in total. The molecule has 3 nitrogen and oxygen atoms in total. The molecule has 0 saturated carbocycles. The SMILES string of the molecule is CCC[C@@H]1N=C(c2ccccc2)[C@@H](C)N1[C@@H](CO)c1ccccc1. The maximum absolute atomic E-state index is 10.1. The van der Waals surface area contributed by atoms with Crippen molar-refractivity contribution >= 4 is 5.71 Å². The molecular formula is C21H26N2O. The van der Waals surface area contributed by atoms with Crippen LogP contribution in [0.4, 0.5) is 0 Å². The molecule has 3 atom stereocenters. The molecule has 0 radical (unpaired) electrons. The molecule has 0 spiro atoms. The highest BCUT2D eigenvalue weighted by Gasteiger charge is 2.38. The first-order valence-electron chi connectivity index (χ1n) is 8.82. The molecule has 2 aromatic carbocycles. The summed E-state index contributed by atoms with van der Waals surface area (Å²) >= 11 is 0. The van der Waals surface area contributed by atoms with E-state index < -0.39 is 0 Å². The molecule has 3 heteroatoms. The monoisotopic (exact) mass is 322 g/mol. The molecule has 1 aliphatic rings. The maximum atomic E-state index is 10.1. The predicted octanol–water partition coefficient (Wildman–Crippen LogP) is 4.04. The summed E-state index contributed by atoms with van der Waals surface area (Å²) in [6.45, 7) is 4.49. The number of hydrogen-bond donors (Lipinski definition) is 1. The van der Waals surface area contributed by atoms with Crippen molar-refractivity contribution in [3.8, 4) is 0 Å². The van der Waals surface area contributed by atoms with E-state index >= 15 is 0 Å². The molecule has 24 heavy (non-hydrogen) atoms. The Morgan fingerprint density at radius 2 is 1.67 bits per heavy atom. The van der Waals surface area contributed by atoms with Gasteiger partial charge in [-0.1, -0.05) is 74.0 Å². The molecule has 0 saturated heterocycles. The fourth-order valence-corrected chi connectivity index (χ4v) is 3.66. The van der Waals surface area contributed by atoms with Crippen molar-refractivity contribution in [3.05, 3.63) is 71.8 Å². The average Bonchev–Trinajstić information content (AvgIpc) is 2.95. The Kier molecular flexibility index (Phi) is 5.44. The first kappa shape index (κ1) is 16.9. The number of aliphatic imine (C=N–C) groups is 1. The van der Waals surface area contributed by atoms with Gasteiger partial charge in [-0.15, -0.1) is 0 Å². The van der Waals surface area contributed by atoms with Crippen LogP contribution in [0.2, 0.25) is 0 Å². The Morgan fingerprint density at radius 3 is 2.25 bits per heavy atom. The predicted molar refractivity (Wildman–Crippen MR) is 99.2 cm³/mol. The van der Waals surface area contributed by atoms with Crippen molar-refractivity contribution in [2.75, 3.05) is 6.61 Å². The zero-order chi connectivity index (χ0) is 16.9. The van der Waals surface area contributed by atoms with E-state index in [1.54, 1.807) is 0 Å². The molecule has 126 valence electrons. The van der Waals surface area contributed by atoms with Gasteiger partial charge >= 0.3 is 0 Å². The van der Waals surface area contributed by atoms with Gasteiger partial charge in [-0.05, 0) is 24.5 Å². The molecule has 0 aliphatic carbocycles. The summed E-state index contributed by atoms with van der Waals surface area (Å²) in [6, 6.07) is 20.8. The second-order valence-electron chi connectivity index (χ2n) is 6.38. The lowest BCUT2D eigenvalue weighted by Crippen LogP contribution is -2.42. The van der Waals surface area contributed by atoms with E-state index in [2.05, 4.69) is 55.1 Å². The van der Waals surface area contributed by atoms with Crippen LogP contribution in [-0.4, -0.2) is 34.5 Å². The molecule has 2 aromatic rings. The van der Waals surface area contributed by atoms with Crippen molar-refractivity contribution in [2.45, 2.75) is 44.9 Å². The zero-order valence-electron chi connectivity index (χ0n) is 14.5. The van der Waals surface area contributed by atoms with Crippen molar-refractivity contribution < 1.29 is 5.11 Å². The van der Waals surface area contributed by atoms with E-state index in [9.17, 15) is 5.11 Å². The fourth-order valence-electron chi connectivity index (χ4n) is 3.66. The van der Waals surface area contributed by atoms with E-state index in [1.165, 1.54) is 5.56 Å². The molecular weight excluding hydrogens is 296 g/mol. The lowest BCUT2D eigenvalue weighted by atomic mass is 10.00. The van der Waals surface area contributed by atoms with Crippen LogP contribution >= 0.6 is 0 Å². The number of benzene rings is 2. The third kappa shape index (κ3) is 3.28. The molecule has 0 aromatic heterocycles. The Hall–Kier alpha value is -1.97. The Balaban J connectivity index is 1.95. The smallest absolute Gasteiger partial charge is 0.103 e. The van der Waals surface area contributed by atoms with Crippen LogP contribution in [0.15, 0.2) is 65.7 Å². The number of nitrogens with zero attached hydrogens (tertiary/aromatic N) is 2. The summed E-state index contributed by atoms with van der Waals surface area (Å²) in [5, 5.41) is 10.1. The van der Waals surface area contributed by atoms with E-state index in [4.69, 9.17) is 4.99 Å². The van der Waals surface area contributed by atoms with Crippen LogP contribution < -0.4 is 0 Å². The average molecular weight is 322 g/mol. The van der Waals surface area contributed by atoms with Crippen molar-refractivity contribution in [2.24, 2.45) is 4.99 Å². The van der Waals surface area contributed by atoms with Gasteiger partial charge in [0.15, 0.2) is 0 Å². The molecule has 0 bridgehead atoms. The highest BCUT2D eigenvalue weighted by Crippen LogP contribution is 2.33. The van der Waals surface area contributed by atoms with E-state index in [-0.39, 0.29) is 24.9 Å². The topological polar surface area (TPSA) is 35.8 Å². The van der Waals surface area contributed by atoms with Gasteiger partial charge < -0.3 is 5.11 Å². The summed E-state index contributed by atoms with van der Waals surface area (Å²) in [4.78, 5) is 7.41. The van der Waals surface area contributed by atoms with Crippen LogP contribution in [0.1, 0.15) is 43.9 Å². The summed E-state index contributed by atoms with van der Waals surface area (Å²) in [5.41, 5.74) is 3.46. The van der Waals surface area contributed by atoms with Gasteiger partial charge in [-0.25, -0.2) is 0 Å². The van der Waals surface area contributed by atoms with Gasteiger partial charge in [-0.3, -0.25) is 9.89 Å². The van der Waals surface area contributed by atoms with Gasteiger partial charge in [0.05, 0.1) is 24.4 Å². The minimum absolute atomic E-state index is 0.0253. The van der Waals surface area contributed by atoms with Crippen LogP contribution in [0.25, 0.3) is 0 Å². The number of aliphatic hydroxyl groups is 1. The molecule has 1 heterocycles. The fraction of sp³-hybridized carbons (Fsp3) is 0.381. The van der Waals surface area contributed by atoms with Crippen LogP contribution in [0.3, 0.4) is 0 Å². The highest BCUT2D eigenvalue weighted by molar-refractivity contribution is 6.05. The zero-order valence-corrected chi connectivity index (χ0v) is 14.5. The normalized spacial score (nSPS) is 22.4. The molecule has 0 amide bonds. The summed E-state index contributed by atoms with van der Waals surface area (Å²) in [5.74, 6) is 0. The third-order valence-corrected chi connectivity index (χ3v) is 4.81. The molecule has 0 unspecified atom stereocenters. The second-order valence-corrected chi connectivity index (χ2v) is 6.38. The first-order valence-corrected chi connectivity index (χ1v) is 8.82. The van der Waals surface area contributed by atoms with Crippen molar-refractivity contribution in [1.29, 1.82) is 0 Å². The Morgan fingerprint density at radius 1 is 1.04 bits per heavy atom. The maximum Gasteiger partial charge on any atom is 0.103 e. The Bertz CT molecular complexity index is 669. The molecule has 1 aliphatic heterocycles. The van der Waals surface area contributed by atoms with Crippen LogP contribution in [0, 0.1) is 0 Å². The number of hydrogen-bond acceptors (Lipinski definition) is 3. The van der Waals surface area contributed by atoms with E-state index in [1.807, 2.05) is 24.3 Å². The molecule has 3 rings (SSSR count). The first-order chi connectivity index (χ1) is 11.8. The van der Waals surface area contributed by atoms with Gasteiger partial charge in [0.25, 0.3) is 0 Å². The summed E-state index contributed by atoms with van der Waals surface area (Å²) in [7, 11) is 0. The largest absolute Gasteiger partial charge is 0.394 e. The second kappa shape index (κ2) is 7.73. The van der Waals surface area contributed by atoms with Gasteiger partial charge in [-0.2, -0.15) is 0 Å². The van der Waals surface area contributed by atoms with Crippen LogP contribution in [0.5, 0.6) is 0 Å². The quantitative estimate of drug-likeness (QED) is 0.871. The Labute approximate surface area is 144 Å². The van der Waals surface area contributed by atoms with E-state index in [0.717, 1.165) is 24.1 Å². The summed E-state index contributed by atoms with van der Waals surface area (Å²) < 4.78 is 0. The third-order valence-electron chi connectivity index (χ3n) is 4.81. The lowest BCUT2D eigenvalue weighted by molar-refractivity contribution is 0.0812. The van der Waals surface area contributed by atoms with Crippen LogP contribution in [-0.2, 0) is 0 Å². The highest BCUT2D eigenvalue weighted by atomic mass is 16.3. The molecule has 0 fully saturated rings. The minimum atomic E-state index is -0.0253. The van der Waals surface area contributed by atoms with E-state index in [0.29, 0.717) is 0 Å². The minimum Gasteiger partial charge on any atom is -0.394 e. The van der Waals surface area contributed by atoms with Gasteiger partial charge in [0.1, 0.15) is 6.17 Å². The van der Waals surface area contributed by atoms with Gasteiger partial charge in [0, 0.05) is 0 Å². The standard InChI is InChI=1S/C21H26N2O/c1-3-10-20-22-21(18-13-8-5-9-14-18)16(2)23(20)19(15-24)17-11-6-4-7-12-17/h4-9,11-14,16,19-20,24H,3,10,15H2,1-2H3/t16-,19+,20-/m1/s1. The van der Waals surface area contributed by atoms with Crippen molar-refractivity contribution in [1.82, 2.24) is 4.90 Å². The number of rotatable bonds is 6. The van der Waals surface area contributed by atoms with Gasteiger partial charge in [0.2, 0.25) is 0 Å².